The second-order valence-corrected chi connectivity index (χ2v) is 7.74. The molecule has 0 spiro atoms. The van der Waals surface area contributed by atoms with E-state index in [9.17, 15) is 20.4 Å². The van der Waals surface area contributed by atoms with E-state index in [4.69, 9.17) is 25.2 Å². The molecule has 5 atom stereocenters. The van der Waals surface area contributed by atoms with E-state index in [-0.39, 0.29) is 22.9 Å². The molecule has 0 radical (unpaired) electrons. The van der Waals surface area contributed by atoms with Gasteiger partial charge in [0, 0.05) is 34.6 Å². The Balaban J connectivity index is 2.18. The van der Waals surface area contributed by atoms with Crippen molar-refractivity contribution < 1.29 is 45.6 Å². The molecule has 178 valence electrons. The molecular weight excluding hydrogens is 416 g/mol. The lowest BCUT2D eigenvalue weighted by atomic mass is 9.99. The third-order valence-corrected chi connectivity index (χ3v) is 4.93. The number of benzene rings is 1. The first-order chi connectivity index (χ1) is 18.3. The van der Waals surface area contributed by atoms with Crippen molar-refractivity contribution in [3.8, 4) is 11.6 Å². The fraction of sp³-hybridized carbons (Fsp3) is 0.609. The molecule has 1 fully saturated rings. The zero-order valence-corrected chi connectivity index (χ0v) is 18.0. The Morgan fingerprint density at radius 2 is 1.84 bits per heavy atom. The van der Waals surface area contributed by atoms with Crippen LogP contribution in [-0.4, -0.2) is 73.6 Å². The van der Waals surface area contributed by atoms with E-state index in [0.717, 1.165) is 0 Å². The standard InChI is InChI=1S/C23H34N2O7/c1-12(2)25-14(5)17(10-15-6-8-16(9-7-15)30-13(3)4)22(24-25)32-23-21(29)20(28)19(27)18(11-26)31-23/h6-9,12-13,18-21,23,26-29H,10-11H2,1-5H3/t18-,19-,20+,21-,23+/m1/s1/i1D3,2D3,10D2. The highest BCUT2D eigenvalue weighted by Gasteiger charge is 2.45. The first-order valence-electron chi connectivity index (χ1n) is 14.1. The normalized spacial score (nSPS) is 31.0. The van der Waals surface area contributed by atoms with Gasteiger partial charge in [0.25, 0.3) is 0 Å². The molecule has 1 aliphatic heterocycles. The first-order valence-corrected chi connectivity index (χ1v) is 10.1. The Morgan fingerprint density at radius 1 is 1.16 bits per heavy atom. The zero-order valence-electron chi connectivity index (χ0n) is 26.0. The molecule has 0 unspecified atom stereocenters. The second-order valence-electron chi connectivity index (χ2n) is 7.74. The molecule has 9 nitrogen and oxygen atoms in total. The highest BCUT2D eigenvalue weighted by atomic mass is 16.7. The van der Waals surface area contributed by atoms with Crippen LogP contribution in [0, 0.1) is 6.92 Å². The zero-order chi connectivity index (χ0) is 30.4. The van der Waals surface area contributed by atoms with Gasteiger partial charge in [0.05, 0.1) is 12.7 Å². The lowest BCUT2D eigenvalue weighted by Crippen LogP contribution is -2.60. The first kappa shape index (κ1) is 15.6. The van der Waals surface area contributed by atoms with E-state index < -0.39 is 69.3 Å². The second kappa shape index (κ2) is 10.2. The minimum Gasteiger partial charge on any atom is -0.491 e. The highest BCUT2D eigenvalue weighted by Crippen LogP contribution is 2.31. The molecule has 1 saturated heterocycles. The lowest BCUT2D eigenvalue weighted by molar-refractivity contribution is -0.278. The Hall–Kier alpha value is -2.17. The molecule has 0 amide bonds. The molecule has 0 bridgehead atoms. The van der Waals surface area contributed by atoms with Crippen molar-refractivity contribution in [2.75, 3.05) is 6.61 Å². The maximum atomic E-state index is 10.5. The van der Waals surface area contributed by atoms with E-state index in [1.165, 1.54) is 31.2 Å². The molecule has 32 heavy (non-hydrogen) atoms. The van der Waals surface area contributed by atoms with Crippen LogP contribution in [0.2, 0.25) is 0 Å². The SMILES string of the molecule is [2H]C([2H])(c1ccc(OC(C)C)cc1)c1c(O[C@@H]2O[C@H](CO)[C@@H](O)[C@H](O)[C@H]2O)nn(C(C([2H])([2H])[2H])C([2H])([2H])[2H])c1C. The van der Waals surface area contributed by atoms with Gasteiger partial charge in [-0.05, 0) is 52.2 Å². The summed E-state index contributed by atoms with van der Waals surface area (Å²) in [5, 5.41) is 44.3. The molecule has 3 rings (SSSR count). The maximum absolute atomic E-state index is 10.5. The smallest absolute Gasteiger partial charge is 0.239 e. The Labute approximate surface area is 199 Å². The Kier molecular flexibility index (Phi) is 4.97. The van der Waals surface area contributed by atoms with Gasteiger partial charge in [0.1, 0.15) is 30.2 Å². The quantitative estimate of drug-likeness (QED) is 0.467. The fourth-order valence-corrected chi connectivity index (χ4v) is 3.28. The number of aromatic nitrogens is 2. The summed E-state index contributed by atoms with van der Waals surface area (Å²) < 4.78 is 82.3. The number of rotatable bonds is 8. The molecule has 0 saturated carbocycles. The molecule has 1 aromatic carbocycles. The Morgan fingerprint density at radius 3 is 2.44 bits per heavy atom. The van der Waals surface area contributed by atoms with Crippen LogP contribution in [-0.2, 0) is 11.1 Å². The van der Waals surface area contributed by atoms with Crippen LogP contribution in [0.5, 0.6) is 11.6 Å². The average molecular weight is 459 g/mol. The third kappa shape index (κ3) is 5.24. The van der Waals surface area contributed by atoms with E-state index in [2.05, 4.69) is 5.10 Å². The number of aliphatic hydroxyl groups is 4. The molecule has 9 heteroatoms. The Bertz CT molecular complexity index is 1140. The van der Waals surface area contributed by atoms with Gasteiger partial charge in [0.15, 0.2) is 0 Å². The largest absolute Gasteiger partial charge is 0.491 e. The van der Waals surface area contributed by atoms with Crippen molar-refractivity contribution in [2.45, 2.75) is 83.7 Å². The molecule has 4 N–H and O–H groups in total. The van der Waals surface area contributed by atoms with Crippen molar-refractivity contribution in [1.29, 1.82) is 0 Å². The molecule has 1 aliphatic rings. The van der Waals surface area contributed by atoms with Crippen LogP contribution < -0.4 is 9.47 Å². The molecule has 2 heterocycles. The van der Waals surface area contributed by atoms with E-state index in [1.54, 1.807) is 0 Å². The van der Waals surface area contributed by atoms with E-state index in [1.807, 2.05) is 13.8 Å². The number of aliphatic hydroxyl groups excluding tert-OH is 4. The molecule has 0 aliphatic carbocycles. The van der Waals surface area contributed by atoms with Crippen LogP contribution in [0.3, 0.4) is 0 Å². The van der Waals surface area contributed by atoms with Gasteiger partial charge in [-0.25, -0.2) is 0 Å². The minimum atomic E-state index is -3.09. The maximum Gasteiger partial charge on any atom is 0.239 e. The van der Waals surface area contributed by atoms with Crippen molar-refractivity contribution in [2.24, 2.45) is 0 Å². The number of hydrogen-bond acceptors (Lipinski definition) is 8. The number of ether oxygens (including phenoxy) is 3. The molecular formula is C23H34N2O7. The van der Waals surface area contributed by atoms with Gasteiger partial charge in [-0.15, -0.1) is 5.10 Å². The van der Waals surface area contributed by atoms with Crippen LogP contribution in [0.1, 0.15) is 61.4 Å². The summed E-state index contributed by atoms with van der Waals surface area (Å²) in [4.78, 5) is 0. The summed E-state index contributed by atoms with van der Waals surface area (Å²) in [6.07, 6.45) is -11.2. The van der Waals surface area contributed by atoms with E-state index >= 15 is 0 Å². The topological polar surface area (TPSA) is 126 Å². The summed E-state index contributed by atoms with van der Waals surface area (Å²) >= 11 is 0. The number of nitrogens with zero attached hydrogens (tertiary/aromatic N) is 2. The molecule has 1 aromatic heterocycles. The van der Waals surface area contributed by atoms with Crippen LogP contribution >= 0.6 is 0 Å². The summed E-state index contributed by atoms with van der Waals surface area (Å²) in [7, 11) is 0. The fourth-order valence-electron chi connectivity index (χ4n) is 3.28. The lowest BCUT2D eigenvalue weighted by Gasteiger charge is -2.39. The van der Waals surface area contributed by atoms with Gasteiger partial charge in [-0.2, -0.15) is 0 Å². The van der Waals surface area contributed by atoms with Crippen LogP contribution in [0.4, 0.5) is 0 Å². The van der Waals surface area contributed by atoms with Gasteiger partial charge in [-0.1, -0.05) is 12.1 Å². The van der Waals surface area contributed by atoms with Crippen LogP contribution in [0.25, 0.3) is 0 Å². The summed E-state index contributed by atoms with van der Waals surface area (Å²) in [6.45, 7) is -2.04. The average Bonchev–Trinajstić information content (AvgIpc) is 3.12. The highest BCUT2D eigenvalue weighted by molar-refractivity contribution is 5.38. The van der Waals surface area contributed by atoms with Gasteiger partial charge < -0.3 is 34.6 Å². The minimum absolute atomic E-state index is 0.0595. The van der Waals surface area contributed by atoms with E-state index in [0.29, 0.717) is 10.4 Å². The van der Waals surface area contributed by atoms with Crippen molar-refractivity contribution in [3.05, 3.63) is 41.1 Å². The van der Waals surface area contributed by atoms with Gasteiger partial charge >= 0.3 is 0 Å². The molecule has 2 aromatic rings. The van der Waals surface area contributed by atoms with Crippen molar-refractivity contribution >= 4 is 0 Å². The van der Waals surface area contributed by atoms with Crippen molar-refractivity contribution in [3.63, 3.8) is 0 Å². The van der Waals surface area contributed by atoms with Gasteiger partial charge in [0.2, 0.25) is 12.2 Å². The predicted molar refractivity (Wildman–Crippen MR) is 117 cm³/mol. The summed E-state index contributed by atoms with van der Waals surface area (Å²) in [5.41, 5.74) is -0.492. The summed E-state index contributed by atoms with van der Waals surface area (Å²) in [6, 6.07) is 3.72. The third-order valence-electron chi connectivity index (χ3n) is 4.93. The number of hydrogen-bond donors (Lipinski definition) is 4. The predicted octanol–water partition coefficient (Wildman–Crippen LogP) is 1.33. The monoisotopic (exact) mass is 458 g/mol. The van der Waals surface area contributed by atoms with Crippen LogP contribution in [0.15, 0.2) is 24.3 Å². The van der Waals surface area contributed by atoms with Gasteiger partial charge in [-0.3, -0.25) is 4.68 Å². The summed E-state index contributed by atoms with van der Waals surface area (Å²) in [5.74, 6) is -0.155. The van der Waals surface area contributed by atoms with Crippen molar-refractivity contribution in [1.82, 2.24) is 9.78 Å².